The number of thioether (sulfide) groups is 1. The second kappa shape index (κ2) is 8.24. The van der Waals surface area contributed by atoms with E-state index in [-0.39, 0.29) is 5.63 Å². The van der Waals surface area contributed by atoms with E-state index < -0.39 is 0 Å². The predicted octanol–water partition coefficient (Wildman–Crippen LogP) is 6.08. The minimum Gasteiger partial charge on any atom is -0.423 e. The molecule has 2 heterocycles. The molecule has 0 amide bonds. The van der Waals surface area contributed by atoms with Crippen molar-refractivity contribution in [1.82, 2.24) is 9.97 Å². The molecule has 0 saturated heterocycles. The van der Waals surface area contributed by atoms with E-state index in [4.69, 9.17) is 14.4 Å². The van der Waals surface area contributed by atoms with Crippen LogP contribution >= 0.6 is 11.8 Å². The number of aryl methyl sites for hydroxylation is 1. The first kappa shape index (κ1) is 19.3. The summed E-state index contributed by atoms with van der Waals surface area (Å²) >= 11 is 1.50. The largest absolute Gasteiger partial charge is 0.423 e. The van der Waals surface area contributed by atoms with E-state index in [9.17, 15) is 4.79 Å². The zero-order valence-corrected chi connectivity index (χ0v) is 17.6. The Balaban J connectivity index is 1.51. The van der Waals surface area contributed by atoms with Gasteiger partial charge in [-0.1, -0.05) is 53.7 Å². The molecule has 1 N–H and O–H groups in total. The number of rotatable bonds is 5. The molecule has 0 bridgehead atoms. The van der Waals surface area contributed by atoms with Gasteiger partial charge in [-0.2, -0.15) is 0 Å². The van der Waals surface area contributed by atoms with Crippen LogP contribution in [0.1, 0.15) is 11.1 Å². The molecular weight excluding hydrogens is 406 g/mol. The molecule has 0 radical (unpaired) electrons. The van der Waals surface area contributed by atoms with Crippen LogP contribution in [0, 0.1) is 6.92 Å². The molecule has 5 nitrogen and oxygen atoms in total. The Morgan fingerprint density at radius 1 is 0.903 bits per heavy atom. The van der Waals surface area contributed by atoms with Gasteiger partial charge >= 0.3 is 5.63 Å². The molecule has 0 aliphatic rings. The molecule has 0 fully saturated rings. The van der Waals surface area contributed by atoms with Gasteiger partial charge in [0.1, 0.15) is 11.4 Å². The first-order valence-corrected chi connectivity index (χ1v) is 10.9. The third-order valence-electron chi connectivity index (χ3n) is 4.96. The fourth-order valence-corrected chi connectivity index (χ4v) is 4.32. The molecule has 0 saturated carbocycles. The summed E-state index contributed by atoms with van der Waals surface area (Å²) in [6, 6.07) is 25.3. The van der Waals surface area contributed by atoms with Crippen molar-refractivity contribution in [3.63, 3.8) is 0 Å². The number of anilines is 2. The molecule has 2 aromatic heterocycles. The molecule has 152 valence electrons. The summed E-state index contributed by atoms with van der Waals surface area (Å²) in [4.78, 5) is 21.5. The zero-order chi connectivity index (χ0) is 21.2. The van der Waals surface area contributed by atoms with Crippen molar-refractivity contribution >= 4 is 45.1 Å². The van der Waals surface area contributed by atoms with Crippen LogP contribution in [0.15, 0.2) is 93.2 Å². The minimum absolute atomic E-state index is 0.349. The van der Waals surface area contributed by atoms with Gasteiger partial charge in [0, 0.05) is 28.3 Å². The highest BCUT2D eigenvalue weighted by atomic mass is 32.2. The van der Waals surface area contributed by atoms with Gasteiger partial charge in [0.05, 0.1) is 5.52 Å². The molecule has 0 aliphatic heterocycles. The summed E-state index contributed by atoms with van der Waals surface area (Å²) in [5.41, 5.74) is 4.10. The number of aromatic nitrogens is 2. The number of benzene rings is 3. The summed E-state index contributed by atoms with van der Waals surface area (Å²) in [5.74, 6) is 1.32. The van der Waals surface area contributed by atoms with Crippen LogP contribution in [-0.2, 0) is 5.75 Å². The molecule has 31 heavy (non-hydrogen) atoms. The molecule has 5 rings (SSSR count). The molecule has 0 spiro atoms. The highest BCUT2D eigenvalue weighted by Crippen LogP contribution is 2.30. The summed E-state index contributed by atoms with van der Waals surface area (Å²) in [5, 5.41) is 5.94. The lowest BCUT2D eigenvalue weighted by Gasteiger charge is -2.11. The van der Waals surface area contributed by atoms with Crippen molar-refractivity contribution in [3.8, 4) is 0 Å². The van der Waals surface area contributed by atoms with E-state index >= 15 is 0 Å². The van der Waals surface area contributed by atoms with Crippen LogP contribution in [-0.4, -0.2) is 9.97 Å². The van der Waals surface area contributed by atoms with Crippen molar-refractivity contribution in [2.45, 2.75) is 17.8 Å². The van der Waals surface area contributed by atoms with Crippen LogP contribution in [0.2, 0.25) is 0 Å². The Bertz CT molecular complexity index is 1450. The molecular formula is C25H19N3O2S. The maximum Gasteiger partial charge on any atom is 0.336 e. The van der Waals surface area contributed by atoms with Crippen molar-refractivity contribution in [2.75, 3.05) is 5.32 Å². The van der Waals surface area contributed by atoms with E-state index in [0.29, 0.717) is 16.5 Å². The molecule has 0 unspecified atom stereocenters. The van der Waals surface area contributed by atoms with Crippen molar-refractivity contribution in [2.24, 2.45) is 0 Å². The second-order valence-electron chi connectivity index (χ2n) is 7.24. The van der Waals surface area contributed by atoms with Crippen molar-refractivity contribution in [1.29, 1.82) is 0 Å². The van der Waals surface area contributed by atoms with Gasteiger partial charge in [-0.05, 0) is 48.9 Å². The summed E-state index contributed by atoms with van der Waals surface area (Å²) in [6.45, 7) is 2.02. The Morgan fingerprint density at radius 3 is 2.58 bits per heavy atom. The van der Waals surface area contributed by atoms with E-state index in [1.807, 2.05) is 79.7 Å². The Labute approximate surface area is 183 Å². The topological polar surface area (TPSA) is 68.0 Å². The van der Waals surface area contributed by atoms with Gasteiger partial charge in [0.2, 0.25) is 0 Å². The number of hydrogen-bond donors (Lipinski definition) is 1. The van der Waals surface area contributed by atoms with Gasteiger partial charge in [-0.25, -0.2) is 14.8 Å². The first-order valence-electron chi connectivity index (χ1n) is 9.91. The molecule has 3 aromatic carbocycles. The first-order chi connectivity index (χ1) is 15.2. The van der Waals surface area contributed by atoms with Crippen LogP contribution in [0.4, 0.5) is 11.5 Å². The normalized spacial score (nSPS) is 11.1. The van der Waals surface area contributed by atoms with Gasteiger partial charge in [-0.3, -0.25) is 0 Å². The van der Waals surface area contributed by atoms with Crippen LogP contribution in [0.3, 0.4) is 0 Å². The highest BCUT2D eigenvalue weighted by Gasteiger charge is 2.11. The lowest BCUT2D eigenvalue weighted by molar-refractivity contribution is 0.559. The molecule has 0 aliphatic carbocycles. The van der Waals surface area contributed by atoms with Crippen LogP contribution in [0.5, 0.6) is 0 Å². The quantitative estimate of drug-likeness (QED) is 0.209. The third kappa shape index (κ3) is 4.15. The van der Waals surface area contributed by atoms with Crippen LogP contribution < -0.4 is 10.9 Å². The third-order valence-corrected chi connectivity index (χ3v) is 5.86. The van der Waals surface area contributed by atoms with E-state index in [0.717, 1.165) is 38.9 Å². The average molecular weight is 426 g/mol. The molecule has 6 heteroatoms. The van der Waals surface area contributed by atoms with E-state index in [2.05, 4.69) is 5.32 Å². The minimum atomic E-state index is -0.349. The summed E-state index contributed by atoms with van der Waals surface area (Å²) in [6.07, 6.45) is 0. The number of fused-ring (bicyclic) bond motifs is 2. The second-order valence-corrected chi connectivity index (χ2v) is 8.18. The number of nitrogens with one attached hydrogen (secondary N) is 1. The predicted molar refractivity (Wildman–Crippen MR) is 126 cm³/mol. The number of nitrogens with zero attached hydrogens (tertiary/aromatic N) is 2. The average Bonchev–Trinajstić information content (AvgIpc) is 2.78. The zero-order valence-electron chi connectivity index (χ0n) is 16.8. The number of hydrogen-bond acceptors (Lipinski definition) is 6. The molecule has 5 aromatic rings. The van der Waals surface area contributed by atoms with Crippen molar-refractivity contribution in [3.05, 3.63) is 100 Å². The Kier molecular flexibility index (Phi) is 5.14. The number of para-hydroxylation sites is 2. The lowest BCUT2D eigenvalue weighted by atomic mass is 10.1. The lowest BCUT2D eigenvalue weighted by Crippen LogP contribution is -2.01. The monoisotopic (exact) mass is 425 g/mol. The molecule has 0 atom stereocenters. The highest BCUT2D eigenvalue weighted by molar-refractivity contribution is 7.98. The van der Waals surface area contributed by atoms with Gasteiger partial charge in [0.25, 0.3) is 0 Å². The van der Waals surface area contributed by atoms with E-state index in [1.54, 1.807) is 6.07 Å². The van der Waals surface area contributed by atoms with E-state index in [1.165, 1.54) is 11.8 Å². The van der Waals surface area contributed by atoms with Crippen molar-refractivity contribution < 1.29 is 4.42 Å². The fraction of sp³-hybridized carbons (Fsp3) is 0.0800. The fourth-order valence-electron chi connectivity index (χ4n) is 3.48. The van der Waals surface area contributed by atoms with Gasteiger partial charge in [0.15, 0.2) is 5.16 Å². The van der Waals surface area contributed by atoms with Gasteiger partial charge in [-0.15, -0.1) is 0 Å². The Hall–Kier alpha value is -3.64. The maximum absolute atomic E-state index is 12.0. The van der Waals surface area contributed by atoms with Crippen LogP contribution in [0.25, 0.3) is 21.9 Å². The van der Waals surface area contributed by atoms with Gasteiger partial charge < -0.3 is 9.73 Å². The SMILES string of the molecule is Cc1ccc2oc(=O)cc(CSc3nc(Nc4ccccc4)c4ccccc4n3)c2c1. The standard InChI is InChI=1S/C25H19N3O2S/c1-16-11-12-22-20(13-16)17(14-23(29)30-22)15-31-25-27-21-10-6-5-9-19(21)24(28-25)26-18-7-3-2-4-8-18/h2-14H,15H2,1H3,(H,26,27,28). The Morgan fingerprint density at radius 2 is 1.71 bits per heavy atom. The summed E-state index contributed by atoms with van der Waals surface area (Å²) < 4.78 is 5.35. The maximum atomic E-state index is 12.0. The summed E-state index contributed by atoms with van der Waals surface area (Å²) in [7, 11) is 0. The smallest absolute Gasteiger partial charge is 0.336 e.